The van der Waals surface area contributed by atoms with Crippen LogP contribution in [0.5, 0.6) is 0 Å². The molecule has 0 bridgehead atoms. The Hall–Kier alpha value is -1.12. The van der Waals surface area contributed by atoms with E-state index in [1.54, 1.807) is 31.3 Å². The molecule has 0 radical (unpaired) electrons. The van der Waals surface area contributed by atoms with Crippen LogP contribution in [0.1, 0.15) is 11.1 Å². The zero-order chi connectivity index (χ0) is 21.0. The Balaban J connectivity index is 0.00000784. The van der Waals surface area contributed by atoms with Crippen LogP contribution in [0.2, 0.25) is 0 Å². The maximum atomic E-state index is 12.0. The van der Waals surface area contributed by atoms with Crippen molar-refractivity contribution in [3.63, 3.8) is 0 Å². The first kappa shape index (κ1) is 27.9. The van der Waals surface area contributed by atoms with Crippen LogP contribution < -0.4 is 10.6 Å². The van der Waals surface area contributed by atoms with Gasteiger partial charge in [0.25, 0.3) is 0 Å². The molecule has 0 spiro atoms. The van der Waals surface area contributed by atoms with Gasteiger partial charge in [0, 0.05) is 26.4 Å². The van der Waals surface area contributed by atoms with Crippen molar-refractivity contribution >= 4 is 39.8 Å². The van der Waals surface area contributed by atoms with Gasteiger partial charge in [0.2, 0.25) is 0 Å². The number of halogens is 4. The highest BCUT2D eigenvalue weighted by molar-refractivity contribution is 14.0. The molecular weight excluding hydrogens is 526 g/mol. The Kier molecular flexibility index (Phi) is 13.4. The number of hydrogen-bond acceptors (Lipinski definition) is 5. The second kappa shape index (κ2) is 14.0. The van der Waals surface area contributed by atoms with Crippen LogP contribution in [0, 0.1) is 0 Å². The summed E-state index contributed by atoms with van der Waals surface area (Å²) in [4.78, 5) is 4.06. The van der Waals surface area contributed by atoms with Gasteiger partial charge in [-0.2, -0.15) is 13.2 Å². The number of guanidine groups is 1. The third-order valence-corrected chi connectivity index (χ3v) is 4.29. The van der Waals surface area contributed by atoms with Gasteiger partial charge in [0.1, 0.15) is 16.4 Å². The minimum atomic E-state index is -4.33. The minimum Gasteiger partial charge on any atom is -0.379 e. The first-order valence-corrected chi connectivity index (χ1v) is 10.6. The van der Waals surface area contributed by atoms with Crippen molar-refractivity contribution in [2.75, 3.05) is 45.4 Å². The molecule has 0 fully saturated rings. The van der Waals surface area contributed by atoms with Gasteiger partial charge in [0.15, 0.2) is 5.96 Å². The molecule has 1 rings (SSSR count). The summed E-state index contributed by atoms with van der Waals surface area (Å²) in [7, 11) is -1.41. The van der Waals surface area contributed by atoms with Crippen LogP contribution in [0.4, 0.5) is 13.2 Å². The molecule has 7 nitrogen and oxygen atoms in total. The van der Waals surface area contributed by atoms with Crippen LogP contribution in [0.15, 0.2) is 29.3 Å². The van der Waals surface area contributed by atoms with Crippen molar-refractivity contribution in [1.29, 1.82) is 0 Å². The van der Waals surface area contributed by atoms with E-state index < -0.39 is 22.6 Å². The van der Waals surface area contributed by atoms with Crippen LogP contribution in [0.3, 0.4) is 0 Å². The molecule has 168 valence electrons. The van der Waals surface area contributed by atoms with E-state index in [0.717, 1.165) is 11.8 Å². The highest BCUT2D eigenvalue weighted by Crippen LogP contribution is 2.15. The molecule has 0 heterocycles. The molecule has 0 amide bonds. The largest absolute Gasteiger partial charge is 0.411 e. The molecule has 0 aliphatic heterocycles. The van der Waals surface area contributed by atoms with Gasteiger partial charge in [-0.15, -0.1) is 24.0 Å². The van der Waals surface area contributed by atoms with Gasteiger partial charge >= 0.3 is 6.18 Å². The quantitative estimate of drug-likeness (QED) is 0.189. The second-order valence-corrected chi connectivity index (χ2v) is 8.28. The molecule has 0 saturated heterocycles. The molecular formula is C17H27F3IN3O4S. The number of ether oxygens (including phenoxy) is 2. The number of nitrogens with one attached hydrogen (secondary N) is 2. The smallest absolute Gasteiger partial charge is 0.379 e. The van der Waals surface area contributed by atoms with Crippen molar-refractivity contribution in [3.05, 3.63) is 35.4 Å². The first-order chi connectivity index (χ1) is 13.1. The fourth-order valence-corrected chi connectivity index (χ4v) is 2.42. The van der Waals surface area contributed by atoms with Gasteiger partial charge in [-0.1, -0.05) is 24.3 Å². The number of rotatable bonds is 11. The second-order valence-electron chi connectivity index (χ2n) is 6.02. The standard InChI is InChI=1S/C17H26F3N3O4S.HI/c1-21-16(22-7-8-26-9-10-28(2,24)25)23-11-14-3-5-15(6-4-14)12-27-13-17(18,19)20;/h3-6H,7-13H2,1-2H3,(H2,21,22,23);1H. The Morgan fingerprint density at radius 3 is 2.24 bits per heavy atom. The number of nitrogens with zero attached hydrogens (tertiary/aromatic N) is 1. The maximum absolute atomic E-state index is 12.0. The third kappa shape index (κ3) is 15.4. The molecule has 0 aliphatic rings. The lowest BCUT2D eigenvalue weighted by Crippen LogP contribution is -2.38. The molecule has 0 unspecified atom stereocenters. The van der Waals surface area contributed by atoms with Crippen molar-refractivity contribution in [3.8, 4) is 0 Å². The molecule has 0 aromatic heterocycles. The van der Waals surface area contributed by atoms with E-state index in [-0.39, 0.29) is 42.9 Å². The summed E-state index contributed by atoms with van der Waals surface area (Å²) in [5.74, 6) is 0.529. The highest BCUT2D eigenvalue weighted by Gasteiger charge is 2.27. The van der Waals surface area contributed by atoms with E-state index in [1.165, 1.54) is 0 Å². The predicted octanol–water partition coefficient (Wildman–Crippen LogP) is 2.11. The first-order valence-electron chi connectivity index (χ1n) is 8.51. The molecule has 29 heavy (non-hydrogen) atoms. The minimum absolute atomic E-state index is 0. The van der Waals surface area contributed by atoms with Gasteiger partial charge in [-0.3, -0.25) is 4.99 Å². The summed E-state index contributed by atoms with van der Waals surface area (Å²) in [5.41, 5.74) is 1.58. The Labute approximate surface area is 186 Å². The lowest BCUT2D eigenvalue weighted by Gasteiger charge is -2.12. The molecule has 1 aromatic rings. The summed E-state index contributed by atoms with van der Waals surface area (Å²) in [5, 5.41) is 6.12. The van der Waals surface area contributed by atoms with Crippen LogP contribution in [0.25, 0.3) is 0 Å². The van der Waals surface area contributed by atoms with E-state index in [4.69, 9.17) is 4.74 Å². The summed E-state index contributed by atoms with van der Waals surface area (Å²) in [6.07, 6.45) is -3.17. The predicted molar refractivity (Wildman–Crippen MR) is 116 cm³/mol. The fourth-order valence-electron chi connectivity index (χ4n) is 2.00. The highest BCUT2D eigenvalue weighted by atomic mass is 127. The normalized spacial score (nSPS) is 12.4. The van der Waals surface area contributed by atoms with E-state index in [1.807, 2.05) is 0 Å². The summed E-state index contributed by atoms with van der Waals surface area (Å²) >= 11 is 0. The number of benzene rings is 1. The molecule has 0 atom stereocenters. The van der Waals surface area contributed by atoms with Crippen molar-refractivity contribution in [2.45, 2.75) is 19.3 Å². The van der Waals surface area contributed by atoms with Crippen LogP contribution in [-0.2, 0) is 32.5 Å². The molecule has 0 saturated carbocycles. The Morgan fingerprint density at radius 1 is 1.07 bits per heavy atom. The van der Waals surface area contributed by atoms with Crippen LogP contribution in [-0.4, -0.2) is 66.0 Å². The third-order valence-electron chi connectivity index (χ3n) is 3.38. The van der Waals surface area contributed by atoms with E-state index in [0.29, 0.717) is 31.2 Å². The lowest BCUT2D eigenvalue weighted by atomic mass is 10.1. The SMILES string of the molecule is CN=C(NCCOCCS(C)(=O)=O)NCc1ccc(COCC(F)(F)F)cc1.I. The summed E-state index contributed by atoms with van der Waals surface area (Å²) in [6, 6.07) is 7.00. The van der Waals surface area contributed by atoms with E-state index in [9.17, 15) is 21.6 Å². The van der Waals surface area contributed by atoms with Crippen LogP contribution >= 0.6 is 24.0 Å². The summed E-state index contributed by atoms with van der Waals surface area (Å²) in [6.45, 7) is 0.0394. The fraction of sp³-hybridized carbons (Fsp3) is 0.588. The number of hydrogen-bond donors (Lipinski definition) is 2. The van der Waals surface area contributed by atoms with Crippen molar-refractivity contribution < 1.29 is 31.1 Å². The monoisotopic (exact) mass is 553 g/mol. The van der Waals surface area contributed by atoms with Gasteiger partial charge in [-0.25, -0.2) is 8.42 Å². The van der Waals surface area contributed by atoms with Gasteiger partial charge in [-0.05, 0) is 11.1 Å². The Bertz CT molecular complexity index is 714. The van der Waals surface area contributed by atoms with Gasteiger partial charge < -0.3 is 20.1 Å². The number of sulfone groups is 1. The topological polar surface area (TPSA) is 89.0 Å². The van der Waals surface area contributed by atoms with Crippen molar-refractivity contribution in [1.82, 2.24) is 10.6 Å². The van der Waals surface area contributed by atoms with Crippen molar-refractivity contribution in [2.24, 2.45) is 4.99 Å². The number of aliphatic imine (C=N–C) groups is 1. The average molecular weight is 553 g/mol. The van der Waals surface area contributed by atoms with Gasteiger partial charge in [0.05, 0.1) is 25.6 Å². The molecule has 12 heteroatoms. The van der Waals surface area contributed by atoms with E-state index >= 15 is 0 Å². The molecule has 1 aromatic carbocycles. The van der Waals surface area contributed by atoms with E-state index in [2.05, 4.69) is 20.4 Å². The number of alkyl halides is 3. The average Bonchev–Trinajstić information content (AvgIpc) is 2.59. The maximum Gasteiger partial charge on any atom is 0.411 e. The zero-order valence-corrected chi connectivity index (χ0v) is 19.4. The Morgan fingerprint density at radius 2 is 1.69 bits per heavy atom. The summed E-state index contributed by atoms with van der Waals surface area (Å²) < 4.78 is 67.9. The molecule has 0 aliphatic carbocycles. The zero-order valence-electron chi connectivity index (χ0n) is 16.3. The lowest BCUT2D eigenvalue weighted by molar-refractivity contribution is -0.176. The molecule has 2 N–H and O–H groups in total.